The molecule has 0 bridgehead atoms. The van der Waals surface area contributed by atoms with Crippen molar-refractivity contribution in [1.82, 2.24) is 0 Å². The molecule has 0 radical (unpaired) electrons. The lowest BCUT2D eigenvalue weighted by atomic mass is 9.46. The summed E-state index contributed by atoms with van der Waals surface area (Å²) in [5.74, 6) is 2.58. The van der Waals surface area contributed by atoms with Crippen LogP contribution >= 0.6 is 0 Å². The number of ketones is 2. The van der Waals surface area contributed by atoms with Gasteiger partial charge in [-0.2, -0.15) is 0 Å². The number of ether oxygens (including phenoxy) is 1. The third kappa shape index (κ3) is 1.54. The molecular weight excluding hydrogens is 300 g/mol. The van der Waals surface area contributed by atoms with Crippen molar-refractivity contribution in [3.8, 4) is 0 Å². The Balaban J connectivity index is 1.52. The van der Waals surface area contributed by atoms with Gasteiger partial charge >= 0.3 is 0 Å². The highest BCUT2D eigenvalue weighted by molar-refractivity contribution is 5.92. The fourth-order valence-electron chi connectivity index (χ4n) is 7.62. The first-order valence-corrected chi connectivity index (χ1v) is 9.76. The van der Waals surface area contributed by atoms with Crippen LogP contribution in [-0.2, 0) is 14.3 Å². The second-order valence-corrected chi connectivity index (χ2v) is 9.56. The molecule has 1 aliphatic heterocycles. The van der Waals surface area contributed by atoms with Crippen molar-refractivity contribution in [2.24, 2.45) is 28.6 Å². The fourth-order valence-corrected chi connectivity index (χ4v) is 7.62. The van der Waals surface area contributed by atoms with Crippen LogP contribution in [0.4, 0.5) is 0 Å². The second kappa shape index (κ2) is 4.41. The largest absolute Gasteiger partial charge is 0.357 e. The van der Waals surface area contributed by atoms with Gasteiger partial charge in [-0.05, 0) is 74.7 Å². The molecule has 4 aliphatic carbocycles. The van der Waals surface area contributed by atoms with Crippen molar-refractivity contribution in [1.29, 1.82) is 0 Å². The zero-order chi connectivity index (χ0) is 16.9. The molecule has 0 aromatic rings. The first-order valence-electron chi connectivity index (χ1n) is 9.76. The molecule has 24 heavy (non-hydrogen) atoms. The van der Waals surface area contributed by atoms with Gasteiger partial charge in [0.25, 0.3) is 0 Å². The van der Waals surface area contributed by atoms with Crippen LogP contribution < -0.4 is 0 Å². The summed E-state index contributed by atoms with van der Waals surface area (Å²) in [6, 6.07) is 0. The zero-order valence-electron chi connectivity index (χ0n) is 15.1. The van der Waals surface area contributed by atoms with Crippen molar-refractivity contribution in [3.63, 3.8) is 0 Å². The minimum absolute atomic E-state index is 0.0345. The molecule has 3 heteroatoms. The van der Waals surface area contributed by atoms with E-state index in [9.17, 15) is 9.59 Å². The number of rotatable bonds is 1. The van der Waals surface area contributed by atoms with Crippen LogP contribution in [0.25, 0.3) is 0 Å². The Morgan fingerprint density at radius 3 is 2.71 bits per heavy atom. The van der Waals surface area contributed by atoms with Crippen LogP contribution in [0.2, 0.25) is 0 Å². The Morgan fingerprint density at radius 2 is 1.96 bits per heavy atom. The number of hydrogen-bond donors (Lipinski definition) is 0. The number of epoxide rings is 1. The first-order chi connectivity index (χ1) is 11.3. The number of allylic oxidation sites excluding steroid dienone is 1. The maximum Gasteiger partial charge on any atom is 0.164 e. The van der Waals surface area contributed by atoms with Crippen LogP contribution in [0.5, 0.6) is 0 Å². The van der Waals surface area contributed by atoms with Crippen molar-refractivity contribution >= 4 is 11.6 Å². The minimum Gasteiger partial charge on any atom is -0.357 e. The van der Waals surface area contributed by atoms with E-state index in [0.29, 0.717) is 30.0 Å². The molecule has 0 unspecified atom stereocenters. The van der Waals surface area contributed by atoms with Crippen molar-refractivity contribution < 1.29 is 14.3 Å². The summed E-state index contributed by atoms with van der Waals surface area (Å²) in [6.07, 6.45) is 9.53. The van der Waals surface area contributed by atoms with Gasteiger partial charge in [-0.15, -0.1) is 0 Å². The van der Waals surface area contributed by atoms with E-state index in [2.05, 4.69) is 13.8 Å². The van der Waals surface area contributed by atoms with E-state index in [1.54, 1.807) is 6.92 Å². The molecular formula is C21H28O3. The van der Waals surface area contributed by atoms with E-state index in [1.165, 1.54) is 18.4 Å². The average Bonchev–Trinajstić information content (AvgIpc) is 3.21. The lowest BCUT2D eigenvalue weighted by molar-refractivity contribution is -0.136. The van der Waals surface area contributed by atoms with Crippen LogP contribution in [0.15, 0.2) is 11.6 Å². The summed E-state index contributed by atoms with van der Waals surface area (Å²) in [4.78, 5) is 24.3. The Morgan fingerprint density at radius 1 is 1.17 bits per heavy atom. The second-order valence-electron chi connectivity index (χ2n) is 9.56. The average molecular weight is 328 g/mol. The van der Waals surface area contributed by atoms with Gasteiger partial charge in [0, 0.05) is 11.8 Å². The van der Waals surface area contributed by atoms with E-state index in [-0.39, 0.29) is 22.7 Å². The van der Waals surface area contributed by atoms with Crippen LogP contribution in [-0.4, -0.2) is 23.3 Å². The maximum absolute atomic E-state index is 12.4. The van der Waals surface area contributed by atoms with Crippen LogP contribution in [0.1, 0.15) is 65.7 Å². The number of carbonyl (C=O) groups is 2. The van der Waals surface area contributed by atoms with E-state index >= 15 is 0 Å². The van der Waals surface area contributed by atoms with E-state index in [0.717, 1.165) is 25.7 Å². The number of carbonyl (C=O) groups excluding carboxylic acids is 2. The number of Topliss-reactive ketones (excluding diaryl/α,β-unsaturated/α-hetero) is 1. The molecule has 1 heterocycles. The summed E-state index contributed by atoms with van der Waals surface area (Å²) in [6.45, 7) is 6.48. The number of hydrogen-bond acceptors (Lipinski definition) is 3. The van der Waals surface area contributed by atoms with Gasteiger partial charge in [0.1, 0.15) is 0 Å². The topological polar surface area (TPSA) is 46.7 Å². The standard InChI is InChI=1S/C21H28O3/c1-12(22)21-18(24-21)11-17-15-5-4-13-10-14(23)6-8-19(13,2)16(15)7-9-20(17,21)3/h10,15-18H,4-9,11H2,1-3H3/t15-,16+,17+,18+,19+,20+,21+/m1/s1. The highest BCUT2D eigenvalue weighted by Gasteiger charge is 2.79. The SMILES string of the molecule is CC(=O)[C@]12O[C@H]1C[C@H]1[C@@H]3CCC4=CC(=O)CC[C@]4(C)[C@H]3CC[C@@]12C. The molecule has 7 atom stereocenters. The molecule has 0 aromatic heterocycles. The molecule has 3 nitrogen and oxygen atoms in total. The highest BCUT2D eigenvalue weighted by atomic mass is 16.6. The van der Waals surface area contributed by atoms with Crippen molar-refractivity contribution in [3.05, 3.63) is 11.6 Å². The third-order valence-corrected chi connectivity index (χ3v) is 8.92. The molecule has 4 fully saturated rings. The Bertz CT molecular complexity index is 679. The third-order valence-electron chi connectivity index (χ3n) is 8.92. The van der Waals surface area contributed by atoms with Crippen LogP contribution in [0, 0.1) is 28.6 Å². The summed E-state index contributed by atoms with van der Waals surface area (Å²) in [5, 5.41) is 0. The van der Waals surface area contributed by atoms with Gasteiger partial charge in [0.2, 0.25) is 0 Å². The summed E-state index contributed by atoms with van der Waals surface area (Å²) in [7, 11) is 0. The summed E-state index contributed by atoms with van der Waals surface area (Å²) in [5.41, 5.74) is 1.22. The van der Waals surface area contributed by atoms with Gasteiger partial charge in [-0.3, -0.25) is 9.59 Å². The van der Waals surface area contributed by atoms with Crippen LogP contribution in [0.3, 0.4) is 0 Å². The van der Waals surface area contributed by atoms with Gasteiger partial charge in [-0.25, -0.2) is 0 Å². The quantitative estimate of drug-likeness (QED) is 0.687. The van der Waals surface area contributed by atoms with Gasteiger partial charge in [0.15, 0.2) is 17.2 Å². The molecule has 130 valence electrons. The first kappa shape index (κ1) is 15.3. The van der Waals surface area contributed by atoms with Crippen molar-refractivity contribution in [2.75, 3.05) is 0 Å². The lowest BCUT2D eigenvalue weighted by Crippen LogP contribution is -2.54. The highest BCUT2D eigenvalue weighted by Crippen LogP contribution is 2.73. The summed E-state index contributed by atoms with van der Waals surface area (Å²) < 4.78 is 5.99. The Labute approximate surface area is 144 Å². The van der Waals surface area contributed by atoms with Gasteiger partial charge in [-0.1, -0.05) is 19.4 Å². The predicted molar refractivity (Wildman–Crippen MR) is 90.4 cm³/mol. The molecule has 0 aromatic carbocycles. The molecule has 0 spiro atoms. The molecule has 0 amide bonds. The van der Waals surface area contributed by atoms with Gasteiger partial charge in [0.05, 0.1) is 6.10 Å². The zero-order valence-corrected chi connectivity index (χ0v) is 15.1. The number of fused-ring (bicyclic) bond motifs is 7. The fraction of sp³-hybridized carbons (Fsp3) is 0.810. The Kier molecular flexibility index (Phi) is 2.81. The smallest absolute Gasteiger partial charge is 0.164 e. The molecule has 1 saturated heterocycles. The normalized spacial score (nSPS) is 55.0. The molecule has 3 saturated carbocycles. The van der Waals surface area contributed by atoms with E-state index < -0.39 is 5.60 Å². The van der Waals surface area contributed by atoms with E-state index in [1.807, 2.05) is 6.08 Å². The monoisotopic (exact) mass is 328 g/mol. The maximum atomic E-state index is 12.4. The van der Waals surface area contributed by atoms with Crippen molar-refractivity contribution in [2.45, 2.75) is 77.4 Å². The molecule has 5 aliphatic rings. The summed E-state index contributed by atoms with van der Waals surface area (Å²) >= 11 is 0. The molecule has 5 rings (SSSR count). The molecule has 0 N–H and O–H groups in total. The van der Waals surface area contributed by atoms with E-state index in [4.69, 9.17) is 4.74 Å². The van der Waals surface area contributed by atoms with Gasteiger partial charge < -0.3 is 4.74 Å². The lowest BCUT2D eigenvalue weighted by Gasteiger charge is -2.58. The Hall–Kier alpha value is -0.960. The minimum atomic E-state index is -0.456. The predicted octanol–water partition coefficient (Wildman–Crippen LogP) is 3.85.